The van der Waals surface area contributed by atoms with Crippen LogP contribution in [0, 0.1) is 19.8 Å². The van der Waals surface area contributed by atoms with Gasteiger partial charge >= 0.3 is 6.18 Å². The van der Waals surface area contributed by atoms with Crippen molar-refractivity contribution < 1.29 is 23.4 Å². The molecule has 2 heterocycles. The number of carbonyl (C=O) groups is 1. The van der Waals surface area contributed by atoms with Crippen molar-refractivity contribution in [2.75, 3.05) is 13.1 Å². The van der Waals surface area contributed by atoms with Crippen LogP contribution in [0.2, 0.25) is 0 Å². The van der Waals surface area contributed by atoms with Crippen LogP contribution in [0.4, 0.5) is 13.2 Å². The fourth-order valence-corrected chi connectivity index (χ4v) is 5.91. The minimum atomic E-state index is -4.32. The Hall–Kier alpha value is -3.62. The van der Waals surface area contributed by atoms with Crippen LogP contribution in [0.1, 0.15) is 56.7 Å². The molecule has 40 heavy (non-hydrogen) atoms. The Morgan fingerprint density at radius 3 is 2.27 bits per heavy atom. The standard InChI is InChI=1S/C32H34F3N3O.H2O/c1-21-15-25(17-27(16-21)32(33,34)35)19-37-13-11-24(12-14-37)20-38-22(2)29(28-5-3-4-6-30(28)38)18-23-7-9-26(10-8-23)31(36)39;/h3-10,15-17,24H,11-14,18-20H2,1-2H3,(H2,36,39);1H2. The van der Waals surface area contributed by atoms with Crippen LogP contribution in [0.3, 0.4) is 0 Å². The SMILES string of the molecule is Cc1cc(CN2CCC(Cn3c(C)c(Cc4ccc(C(N)=O)cc4)c4ccccc43)CC2)cc(C(F)(F)F)c1.O. The van der Waals surface area contributed by atoms with Crippen molar-refractivity contribution >= 4 is 16.8 Å². The lowest BCUT2D eigenvalue weighted by molar-refractivity contribution is -0.137. The van der Waals surface area contributed by atoms with Crippen molar-refractivity contribution in [2.24, 2.45) is 11.7 Å². The zero-order chi connectivity index (χ0) is 27.7. The van der Waals surface area contributed by atoms with Crippen LogP contribution in [0.5, 0.6) is 0 Å². The summed E-state index contributed by atoms with van der Waals surface area (Å²) in [6.45, 7) is 7.11. The van der Waals surface area contributed by atoms with E-state index in [0.29, 0.717) is 23.6 Å². The Balaban J connectivity index is 0.00000370. The van der Waals surface area contributed by atoms with Gasteiger partial charge in [-0.1, -0.05) is 42.0 Å². The van der Waals surface area contributed by atoms with E-state index in [1.165, 1.54) is 34.3 Å². The molecule has 8 heteroatoms. The maximum atomic E-state index is 13.3. The van der Waals surface area contributed by atoms with Crippen LogP contribution >= 0.6 is 0 Å². The molecule has 1 saturated heterocycles. The van der Waals surface area contributed by atoms with Crippen molar-refractivity contribution in [2.45, 2.75) is 52.4 Å². The first kappa shape index (κ1) is 29.4. The number of para-hydroxylation sites is 1. The predicted molar refractivity (Wildman–Crippen MR) is 152 cm³/mol. The van der Waals surface area contributed by atoms with E-state index in [1.807, 2.05) is 18.2 Å². The third-order valence-electron chi connectivity index (χ3n) is 8.00. The van der Waals surface area contributed by atoms with Gasteiger partial charge in [0.1, 0.15) is 0 Å². The Morgan fingerprint density at radius 1 is 0.950 bits per heavy atom. The number of halogens is 3. The van der Waals surface area contributed by atoms with Crippen LogP contribution in [0.15, 0.2) is 66.7 Å². The molecular weight excluding hydrogens is 515 g/mol. The number of nitrogens with two attached hydrogens (primary N) is 1. The molecule has 1 aliphatic rings. The summed E-state index contributed by atoms with van der Waals surface area (Å²) in [6.07, 6.45) is -1.54. The molecule has 0 atom stereocenters. The molecule has 1 amide bonds. The number of hydrogen-bond donors (Lipinski definition) is 1. The van der Waals surface area contributed by atoms with E-state index in [1.54, 1.807) is 19.1 Å². The molecule has 3 aromatic carbocycles. The number of rotatable bonds is 7. The number of aromatic nitrogens is 1. The summed E-state index contributed by atoms with van der Waals surface area (Å²) in [6, 6.07) is 20.3. The lowest BCUT2D eigenvalue weighted by Crippen LogP contribution is -2.34. The fourth-order valence-electron chi connectivity index (χ4n) is 5.91. The Labute approximate surface area is 232 Å². The molecule has 0 aliphatic carbocycles. The van der Waals surface area contributed by atoms with E-state index in [9.17, 15) is 18.0 Å². The van der Waals surface area contributed by atoms with Crippen molar-refractivity contribution in [3.8, 4) is 0 Å². The number of nitrogens with zero attached hydrogens (tertiary/aromatic N) is 2. The van der Waals surface area contributed by atoms with Gasteiger partial charge in [0.2, 0.25) is 5.91 Å². The number of fused-ring (bicyclic) bond motifs is 1. The third kappa shape index (κ3) is 6.40. The number of amides is 1. The average Bonchev–Trinajstić information content (AvgIpc) is 3.15. The lowest BCUT2D eigenvalue weighted by atomic mass is 9.95. The number of primary amides is 1. The highest BCUT2D eigenvalue weighted by Crippen LogP contribution is 2.33. The summed E-state index contributed by atoms with van der Waals surface area (Å²) < 4.78 is 42.2. The van der Waals surface area contributed by atoms with E-state index in [4.69, 9.17) is 5.73 Å². The number of carbonyl (C=O) groups excluding carboxylic acids is 1. The quantitative estimate of drug-likeness (QED) is 0.303. The predicted octanol–water partition coefficient (Wildman–Crippen LogP) is 6.05. The number of benzene rings is 3. The molecule has 0 bridgehead atoms. The summed E-state index contributed by atoms with van der Waals surface area (Å²) in [5.74, 6) is 0.0759. The Bertz CT molecular complexity index is 1480. The topological polar surface area (TPSA) is 82.8 Å². The molecule has 5 rings (SSSR count). The molecule has 4 aromatic rings. The van der Waals surface area contributed by atoms with Crippen LogP contribution in [-0.2, 0) is 25.7 Å². The second-order valence-corrected chi connectivity index (χ2v) is 10.9. The molecule has 212 valence electrons. The summed E-state index contributed by atoms with van der Waals surface area (Å²) in [4.78, 5) is 13.7. The first-order chi connectivity index (χ1) is 18.6. The molecule has 4 N–H and O–H groups in total. The van der Waals surface area contributed by atoms with Gasteiger partial charge in [0.25, 0.3) is 0 Å². The summed E-state index contributed by atoms with van der Waals surface area (Å²) >= 11 is 0. The zero-order valence-corrected chi connectivity index (χ0v) is 22.9. The highest BCUT2D eigenvalue weighted by Gasteiger charge is 2.31. The van der Waals surface area contributed by atoms with Gasteiger partial charge in [-0.05, 0) is 99.1 Å². The first-order valence-electron chi connectivity index (χ1n) is 13.4. The number of aryl methyl sites for hydroxylation is 1. The lowest BCUT2D eigenvalue weighted by Gasteiger charge is -2.32. The van der Waals surface area contributed by atoms with Crippen LogP contribution < -0.4 is 5.73 Å². The normalized spacial score (nSPS) is 14.8. The van der Waals surface area contributed by atoms with Crippen LogP contribution in [0.25, 0.3) is 10.9 Å². The highest BCUT2D eigenvalue weighted by atomic mass is 19.4. The average molecular weight is 552 g/mol. The molecule has 1 aromatic heterocycles. The minimum Gasteiger partial charge on any atom is -0.412 e. The van der Waals surface area contributed by atoms with Gasteiger partial charge < -0.3 is 15.8 Å². The van der Waals surface area contributed by atoms with Crippen molar-refractivity contribution in [3.63, 3.8) is 0 Å². The third-order valence-corrected chi connectivity index (χ3v) is 8.00. The van der Waals surface area contributed by atoms with E-state index in [0.717, 1.165) is 50.0 Å². The van der Waals surface area contributed by atoms with Crippen molar-refractivity contribution in [1.82, 2.24) is 9.47 Å². The fraction of sp³-hybridized carbons (Fsp3) is 0.344. The van der Waals surface area contributed by atoms with E-state index in [-0.39, 0.29) is 5.48 Å². The molecule has 5 nitrogen and oxygen atoms in total. The number of hydrogen-bond acceptors (Lipinski definition) is 2. The molecule has 0 spiro atoms. The molecule has 0 radical (unpaired) electrons. The Morgan fingerprint density at radius 2 is 1.62 bits per heavy atom. The van der Waals surface area contributed by atoms with Crippen molar-refractivity contribution in [1.29, 1.82) is 0 Å². The van der Waals surface area contributed by atoms with Gasteiger partial charge in [-0.25, -0.2) is 0 Å². The van der Waals surface area contributed by atoms with Crippen LogP contribution in [-0.4, -0.2) is 33.9 Å². The summed E-state index contributed by atoms with van der Waals surface area (Å²) in [5.41, 5.74) is 11.6. The second-order valence-electron chi connectivity index (χ2n) is 10.9. The van der Waals surface area contributed by atoms with E-state index in [2.05, 4.69) is 40.7 Å². The smallest absolute Gasteiger partial charge is 0.412 e. The number of alkyl halides is 3. The van der Waals surface area contributed by atoms with Gasteiger partial charge in [0, 0.05) is 35.2 Å². The molecular formula is C32H36F3N3O2. The largest absolute Gasteiger partial charge is 0.416 e. The zero-order valence-electron chi connectivity index (χ0n) is 22.9. The van der Waals surface area contributed by atoms with Gasteiger partial charge in [0.05, 0.1) is 5.56 Å². The van der Waals surface area contributed by atoms with E-state index >= 15 is 0 Å². The number of piperidine rings is 1. The summed E-state index contributed by atoms with van der Waals surface area (Å²) in [5, 5.41) is 1.24. The molecule has 0 unspecified atom stereocenters. The molecule has 0 saturated carbocycles. The first-order valence-corrected chi connectivity index (χ1v) is 13.4. The number of likely N-dealkylation sites (tertiary alicyclic amines) is 1. The maximum absolute atomic E-state index is 13.3. The van der Waals surface area contributed by atoms with Gasteiger partial charge in [0.15, 0.2) is 0 Å². The summed E-state index contributed by atoms with van der Waals surface area (Å²) in [7, 11) is 0. The van der Waals surface area contributed by atoms with Gasteiger partial charge in [-0.3, -0.25) is 9.69 Å². The Kier molecular flexibility index (Phi) is 8.71. The minimum absolute atomic E-state index is 0. The maximum Gasteiger partial charge on any atom is 0.416 e. The van der Waals surface area contributed by atoms with E-state index < -0.39 is 17.6 Å². The molecule has 1 aliphatic heterocycles. The van der Waals surface area contributed by atoms with Gasteiger partial charge in [-0.2, -0.15) is 13.2 Å². The second kappa shape index (κ2) is 11.9. The highest BCUT2D eigenvalue weighted by molar-refractivity contribution is 5.92. The monoisotopic (exact) mass is 551 g/mol. The van der Waals surface area contributed by atoms with Crippen molar-refractivity contribution in [3.05, 3.63) is 106 Å². The van der Waals surface area contributed by atoms with Gasteiger partial charge in [-0.15, -0.1) is 0 Å². The molecule has 1 fully saturated rings.